The molecule has 0 fully saturated rings. The number of aliphatic hydroxyl groups is 1. The van der Waals surface area contributed by atoms with Crippen LogP contribution in [-0.2, 0) is 12.8 Å². The minimum Gasteiger partial charge on any atom is -0.504 e. The number of allylic oxidation sites excluding steroid dienone is 1. The van der Waals surface area contributed by atoms with Gasteiger partial charge in [0.1, 0.15) is 22.7 Å². The molecule has 3 N–H and O–H groups in total. The van der Waals surface area contributed by atoms with Crippen LogP contribution >= 0.6 is 0 Å². The molecule has 2 aromatic carbocycles. The van der Waals surface area contributed by atoms with E-state index in [9.17, 15) is 24.9 Å². The molecule has 2 aromatic rings. The second kappa shape index (κ2) is 9.65. The van der Waals surface area contributed by atoms with Gasteiger partial charge in [-0.2, -0.15) is 0 Å². The molecule has 1 aliphatic carbocycles. The van der Waals surface area contributed by atoms with Crippen molar-refractivity contribution < 1.29 is 24.8 Å². The van der Waals surface area contributed by atoms with E-state index in [0.717, 1.165) is 28.7 Å². The summed E-state index contributed by atoms with van der Waals surface area (Å²) in [6.45, 7) is 12.0. The predicted octanol–water partition coefficient (Wildman–Crippen LogP) is 4.88. The average Bonchev–Trinajstić information content (AvgIpc) is 3.01. The second-order valence-electron chi connectivity index (χ2n) is 13.2. The van der Waals surface area contributed by atoms with Gasteiger partial charge in [-0.25, -0.2) is 0 Å². The number of hydrogen-bond donors (Lipinski definition) is 3. The molecular formula is C33H40O7. The summed E-state index contributed by atoms with van der Waals surface area (Å²) >= 11 is 0. The van der Waals surface area contributed by atoms with Crippen molar-refractivity contribution in [3.8, 4) is 23.0 Å². The highest BCUT2D eigenvalue weighted by molar-refractivity contribution is 5.46. The zero-order valence-corrected chi connectivity index (χ0v) is 24.2. The monoisotopic (exact) mass is 548 g/mol. The van der Waals surface area contributed by atoms with Crippen LogP contribution in [0.1, 0.15) is 69.2 Å². The first-order valence-electron chi connectivity index (χ1n) is 14.1. The Hall–Kier alpha value is -3.32. The lowest BCUT2D eigenvalue weighted by Crippen LogP contribution is -2.57. The lowest BCUT2D eigenvalue weighted by molar-refractivity contribution is -0.117. The molecule has 0 spiro atoms. The Morgan fingerprint density at radius 3 is 1.90 bits per heavy atom. The Morgan fingerprint density at radius 2 is 1.32 bits per heavy atom. The molecule has 2 aliphatic heterocycles. The third kappa shape index (κ3) is 4.89. The van der Waals surface area contributed by atoms with Crippen molar-refractivity contribution in [3.63, 3.8) is 0 Å². The first kappa shape index (κ1) is 28.2. The molecule has 40 heavy (non-hydrogen) atoms. The molecule has 0 amide bonds. The molecule has 7 nitrogen and oxygen atoms in total. The van der Waals surface area contributed by atoms with Gasteiger partial charge in [-0.3, -0.25) is 9.59 Å². The van der Waals surface area contributed by atoms with Crippen LogP contribution in [0.4, 0.5) is 0 Å². The summed E-state index contributed by atoms with van der Waals surface area (Å²) in [5.74, 6) is 0.0238. The van der Waals surface area contributed by atoms with Crippen LogP contribution in [-0.4, -0.2) is 32.6 Å². The Bertz CT molecular complexity index is 1510. The van der Waals surface area contributed by atoms with Gasteiger partial charge < -0.3 is 24.8 Å². The number of aryl methyl sites for hydroxylation is 2. The molecule has 0 saturated heterocycles. The fourth-order valence-electron chi connectivity index (χ4n) is 6.92. The van der Waals surface area contributed by atoms with Crippen molar-refractivity contribution in [1.82, 2.24) is 0 Å². The molecular weight excluding hydrogens is 508 g/mol. The molecule has 5 atom stereocenters. The van der Waals surface area contributed by atoms with E-state index in [2.05, 4.69) is 26.0 Å². The van der Waals surface area contributed by atoms with Crippen LogP contribution in [0.5, 0.6) is 23.0 Å². The summed E-state index contributed by atoms with van der Waals surface area (Å²) in [5.41, 5.74) is 0.287. The van der Waals surface area contributed by atoms with Gasteiger partial charge >= 0.3 is 0 Å². The van der Waals surface area contributed by atoms with Crippen molar-refractivity contribution in [3.05, 3.63) is 79.1 Å². The number of rotatable bonds is 0. The fourth-order valence-corrected chi connectivity index (χ4v) is 6.92. The van der Waals surface area contributed by atoms with E-state index < -0.39 is 28.2 Å². The van der Waals surface area contributed by atoms with Gasteiger partial charge in [0.15, 0.2) is 11.5 Å². The van der Waals surface area contributed by atoms with Crippen LogP contribution in [0.2, 0.25) is 0 Å². The van der Waals surface area contributed by atoms with Gasteiger partial charge in [-0.05, 0) is 93.2 Å². The SMILES string of the molecule is Cc1cc(O)c(=O)cc2c1C[C@@H]1CC(C)(C)C=CC[C@@]3(C)Oc4cc(=O)c(O)cc(C)c4C[C@@H]3C[C@@H](O)[C@]1(C)O2. The number of aliphatic hydroxyl groups excluding tert-OH is 1. The van der Waals surface area contributed by atoms with E-state index in [1.807, 2.05) is 27.7 Å². The number of aromatic hydroxyl groups is 2. The van der Waals surface area contributed by atoms with Gasteiger partial charge in [0.2, 0.25) is 10.9 Å². The van der Waals surface area contributed by atoms with E-state index in [1.165, 1.54) is 24.3 Å². The minimum atomic E-state index is -1.01. The Morgan fingerprint density at radius 1 is 0.800 bits per heavy atom. The summed E-state index contributed by atoms with van der Waals surface area (Å²) in [5, 5.41) is 32.4. The highest BCUT2D eigenvalue weighted by Gasteiger charge is 2.51. The van der Waals surface area contributed by atoms with Crippen molar-refractivity contribution in [2.24, 2.45) is 17.3 Å². The first-order chi connectivity index (χ1) is 18.6. The maximum atomic E-state index is 12.6. The van der Waals surface area contributed by atoms with Crippen molar-refractivity contribution in [2.75, 3.05) is 0 Å². The standard InChI is InChI=1S/C33H40O7/c1-18-10-24(34)26(36)15-28-22(18)12-20-14-30(38)33(6)21(17-31(3,4)8-7-9-32(20,5)39-28)13-23-19(2)11-25(35)27(37)16-29(23)40-33/h7-8,10-11,15-16,20-21,30,38H,9,12-14,17H2,1-6H3,(H,34,36)(H,35,37)/t20-,21-,30-,32-,33-/m1/s1. The average molecular weight is 549 g/mol. The summed E-state index contributed by atoms with van der Waals surface area (Å²) < 4.78 is 13.2. The molecule has 7 heteroatoms. The smallest absolute Gasteiger partial charge is 0.223 e. The Balaban J connectivity index is 1.63. The Kier molecular flexibility index (Phi) is 6.81. The summed E-state index contributed by atoms with van der Waals surface area (Å²) in [7, 11) is 0. The van der Waals surface area contributed by atoms with Gasteiger partial charge in [0, 0.05) is 30.4 Å². The third-order valence-corrected chi connectivity index (χ3v) is 9.56. The molecule has 0 unspecified atom stereocenters. The summed E-state index contributed by atoms with van der Waals surface area (Å²) in [6.07, 6.45) is 6.29. The molecule has 3 aliphatic rings. The lowest BCUT2D eigenvalue weighted by Gasteiger charge is -2.49. The zero-order valence-electron chi connectivity index (χ0n) is 24.2. The van der Waals surface area contributed by atoms with Gasteiger partial charge in [0.05, 0.1) is 6.10 Å². The minimum absolute atomic E-state index is 0.0753. The summed E-state index contributed by atoms with van der Waals surface area (Å²) in [4.78, 5) is 25.0. The lowest BCUT2D eigenvalue weighted by atomic mass is 9.67. The molecule has 0 aromatic heterocycles. The highest BCUT2D eigenvalue weighted by Crippen LogP contribution is 2.49. The molecule has 0 bridgehead atoms. The maximum absolute atomic E-state index is 12.6. The largest absolute Gasteiger partial charge is 0.504 e. The fraction of sp³-hybridized carbons (Fsp3) is 0.515. The summed E-state index contributed by atoms with van der Waals surface area (Å²) in [6, 6.07) is 5.68. The van der Waals surface area contributed by atoms with E-state index in [-0.39, 0.29) is 28.7 Å². The quantitative estimate of drug-likeness (QED) is 0.402. The van der Waals surface area contributed by atoms with Gasteiger partial charge in [0.25, 0.3) is 0 Å². The van der Waals surface area contributed by atoms with E-state index >= 15 is 0 Å². The zero-order chi connectivity index (χ0) is 29.2. The van der Waals surface area contributed by atoms with Crippen LogP contribution in [0.15, 0.2) is 46.0 Å². The normalized spacial score (nSPS) is 30.7. The predicted molar refractivity (Wildman–Crippen MR) is 153 cm³/mol. The number of hydrogen-bond acceptors (Lipinski definition) is 7. The van der Waals surface area contributed by atoms with E-state index in [1.54, 1.807) is 0 Å². The van der Waals surface area contributed by atoms with E-state index in [0.29, 0.717) is 37.2 Å². The van der Waals surface area contributed by atoms with Crippen molar-refractivity contribution in [2.45, 2.75) is 91.0 Å². The Labute approximate surface area is 235 Å². The third-order valence-electron chi connectivity index (χ3n) is 9.56. The second-order valence-corrected chi connectivity index (χ2v) is 13.2. The van der Waals surface area contributed by atoms with Crippen LogP contribution < -0.4 is 20.3 Å². The van der Waals surface area contributed by atoms with E-state index in [4.69, 9.17) is 9.47 Å². The number of fused-ring (bicyclic) bond motifs is 4. The first-order valence-corrected chi connectivity index (χ1v) is 14.1. The molecule has 0 saturated carbocycles. The molecule has 0 radical (unpaired) electrons. The highest BCUT2D eigenvalue weighted by atomic mass is 16.5. The van der Waals surface area contributed by atoms with Gasteiger partial charge in [-0.1, -0.05) is 26.0 Å². The molecule has 5 rings (SSSR count). The van der Waals surface area contributed by atoms with Gasteiger partial charge in [-0.15, -0.1) is 0 Å². The van der Waals surface area contributed by atoms with Crippen molar-refractivity contribution >= 4 is 0 Å². The van der Waals surface area contributed by atoms with Crippen LogP contribution in [0.25, 0.3) is 0 Å². The maximum Gasteiger partial charge on any atom is 0.223 e. The molecule has 2 heterocycles. The van der Waals surface area contributed by atoms with Crippen LogP contribution in [0, 0.1) is 31.1 Å². The molecule has 214 valence electrons. The van der Waals surface area contributed by atoms with Crippen molar-refractivity contribution in [1.29, 1.82) is 0 Å². The van der Waals surface area contributed by atoms with Crippen LogP contribution in [0.3, 0.4) is 0 Å². The number of ether oxygens (including phenoxy) is 2. The topological polar surface area (TPSA) is 113 Å².